The lowest BCUT2D eigenvalue weighted by atomic mass is 10.1. The van der Waals surface area contributed by atoms with Gasteiger partial charge in [0.05, 0.1) is 0 Å². The Hall–Kier alpha value is -3.08. The minimum Gasteiger partial charge on any atom is -0.508 e. The topological polar surface area (TPSA) is 86.3 Å². The van der Waals surface area contributed by atoms with Crippen molar-refractivity contribution >= 4 is 22.6 Å². The second kappa shape index (κ2) is 5.37. The lowest BCUT2D eigenvalue weighted by molar-refractivity contribution is 0.102. The highest BCUT2D eigenvalue weighted by atomic mass is 16.3. The number of hydrogen-bond acceptors (Lipinski definition) is 4. The van der Waals surface area contributed by atoms with Crippen molar-refractivity contribution in [3.63, 3.8) is 0 Å². The monoisotopic (exact) mass is 294 g/mol. The fourth-order valence-electron chi connectivity index (χ4n) is 2.15. The molecule has 110 valence electrons. The van der Waals surface area contributed by atoms with Crippen LogP contribution in [0.25, 0.3) is 11.0 Å². The number of carbonyl (C=O) groups excluding carboxylic acids is 1. The van der Waals surface area contributed by atoms with Gasteiger partial charge in [-0.2, -0.15) is 0 Å². The van der Waals surface area contributed by atoms with E-state index in [9.17, 15) is 9.90 Å². The second-order valence-corrected chi connectivity index (χ2v) is 5.03. The number of carbonyl (C=O) groups is 1. The van der Waals surface area contributed by atoms with Crippen LogP contribution in [0.5, 0.6) is 5.75 Å². The predicted octanol–water partition coefficient (Wildman–Crippen LogP) is 3.18. The van der Waals surface area contributed by atoms with Crippen molar-refractivity contribution in [1.29, 1.82) is 5.41 Å². The van der Waals surface area contributed by atoms with Crippen LogP contribution in [0.3, 0.4) is 0 Å². The Morgan fingerprint density at radius 2 is 1.86 bits per heavy atom. The Bertz CT molecular complexity index is 911. The van der Waals surface area contributed by atoms with E-state index in [1.165, 1.54) is 12.1 Å². The minimum atomic E-state index is -0.429. The molecule has 1 amide bonds. The number of anilines is 1. The van der Waals surface area contributed by atoms with Crippen LogP contribution in [0, 0.1) is 12.3 Å². The van der Waals surface area contributed by atoms with Crippen molar-refractivity contribution in [2.75, 3.05) is 5.32 Å². The first-order valence-corrected chi connectivity index (χ1v) is 6.72. The van der Waals surface area contributed by atoms with E-state index in [4.69, 9.17) is 9.83 Å². The van der Waals surface area contributed by atoms with Gasteiger partial charge in [-0.05, 0) is 48.9 Å². The van der Waals surface area contributed by atoms with Crippen molar-refractivity contribution in [2.24, 2.45) is 0 Å². The third kappa shape index (κ3) is 2.69. The lowest BCUT2D eigenvalue weighted by Gasteiger charge is -2.06. The first-order chi connectivity index (χ1) is 10.5. The minimum absolute atomic E-state index is 0.121. The summed E-state index contributed by atoms with van der Waals surface area (Å²) >= 11 is 0. The van der Waals surface area contributed by atoms with E-state index in [1.54, 1.807) is 18.2 Å². The van der Waals surface area contributed by atoms with Gasteiger partial charge in [0.15, 0.2) is 0 Å². The van der Waals surface area contributed by atoms with Crippen molar-refractivity contribution in [3.05, 3.63) is 65.2 Å². The van der Waals surface area contributed by atoms with E-state index < -0.39 is 5.91 Å². The van der Waals surface area contributed by atoms with Gasteiger partial charge in [-0.15, -0.1) is 0 Å². The number of hydrogen-bond donors (Lipinski definition) is 3. The molecule has 1 aromatic heterocycles. The number of fused-ring (bicyclic) bond motifs is 1. The van der Waals surface area contributed by atoms with E-state index in [2.05, 4.69) is 5.32 Å². The van der Waals surface area contributed by atoms with E-state index in [-0.39, 0.29) is 16.9 Å². The molecule has 22 heavy (non-hydrogen) atoms. The Balaban J connectivity index is 1.96. The molecule has 0 aliphatic carbocycles. The van der Waals surface area contributed by atoms with Gasteiger partial charge in [0.25, 0.3) is 5.91 Å². The predicted molar refractivity (Wildman–Crippen MR) is 82.9 cm³/mol. The largest absolute Gasteiger partial charge is 0.508 e. The highest BCUT2D eigenvalue weighted by Crippen LogP contribution is 2.17. The van der Waals surface area contributed by atoms with Crippen molar-refractivity contribution < 1.29 is 14.3 Å². The van der Waals surface area contributed by atoms with Gasteiger partial charge in [-0.25, -0.2) is 0 Å². The number of phenolic OH excluding ortho intramolecular Hbond substituents is 1. The molecule has 0 unspecified atom stereocenters. The number of aryl methyl sites for hydroxylation is 1. The molecule has 2 aromatic carbocycles. The van der Waals surface area contributed by atoms with E-state index >= 15 is 0 Å². The Labute approximate surface area is 126 Å². The highest BCUT2D eigenvalue weighted by Gasteiger charge is 2.12. The summed E-state index contributed by atoms with van der Waals surface area (Å²) in [6.07, 6.45) is 0. The molecule has 0 fully saturated rings. The number of rotatable bonds is 2. The summed E-state index contributed by atoms with van der Waals surface area (Å²) in [5.41, 5.74) is 2.10. The molecule has 0 atom stereocenters. The molecule has 5 nitrogen and oxygen atoms in total. The maximum atomic E-state index is 12.3. The van der Waals surface area contributed by atoms with E-state index in [0.717, 1.165) is 10.9 Å². The van der Waals surface area contributed by atoms with E-state index in [0.29, 0.717) is 11.3 Å². The fraction of sp³-hybridized carbons (Fsp3) is 0.0588. The third-order valence-electron chi connectivity index (χ3n) is 3.30. The highest BCUT2D eigenvalue weighted by molar-refractivity contribution is 6.05. The zero-order valence-corrected chi connectivity index (χ0v) is 11.9. The van der Waals surface area contributed by atoms with Crippen LogP contribution in [-0.4, -0.2) is 11.0 Å². The van der Waals surface area contributed by atoms with Crippen molar-refractivity contribution in [3.8, 4) is 5.75 Å². The van der Waals surface area contributed by atoms with Crippen LogP contribution in [-0.2, 0) is 0 Å². The molecular formula is C17H14N2O3. The van der Waals surface area contributed by atoms with E-state index in [1.807, 2.05) is 25.1 Å². The smallest absolute Gasteiger partial charge is 0.261 e. The van der Waals surface area contributed by atoms with Crippen LogP contribution in [0.2, 0.25) is 0 Å². The summed E-state index contributed by atoms with van der Waals surface area (Å²) in [6.45, 7) is 1.93. The first kappa shape index (κ1) is 13.9. The summed E-state index contributed by atoms with van der Waals surface area (Å²) in [5.74, 6) is -0.308. The number of benzene rings is 2. The van der Waals surface area contributed by atoms with Gasteiger partial charge in [0, 0.05) is 11.1 Å². The van der Waals surface area contributed by atoms with Crippen LogP contribution < -0.4 is 10.9 Å². The quantitative estimate of drug-likeness (QED) is 0.634. The number of amides is 1. The number of phenols is 1. The normalized spacial score (nSPS) is 10.6. The molecule has 3 aromatic rings. The molecule has 5 heteroatoms. The summed E-state index contributed by atoms with van der Waals surface area (Å²) in [7, 11) is 0. The molecule has 0 bridgehead atoms. The van der Waals surface area contributed by atoms with Crippen LogP contribution in [0.4, 0.5) is 5.69 Å². The van der Waals surface area contributed by atoms with Gasteiger partial charge in [0.2, 0.25) is 5.55 Å². The average molecular weight is 294 g/mol. The van der Waals surface area contributed by atoms with Gasteiger partial charge in [0.1, 0.15) is 16.9 Å². The lowest BCUT2D eigenvalue weighted by Crippen LogP contribution is -2.20. The maximum Gasteiger partial charge on any atom is 0.261 e. The van der Waals surface area contributed by atoms with Crippen LogP contribution in [0.15, 0.2) is 52.9 Å². The second-order valence-electron chi connectivity index (χ2n) is 5.03. The number of nitrogens with one attached hydrogen (secondary N) is 2. The Morgan fingerprint density at radius 1 is 1.14 bits per heavy atom. The molecule has 0 spiro atoms. The first-order valence-electron chi connectivity index (χ1n) is 6.72. The summed E-state index contributed by atoms with van der Waals surface area (Å²) in [5, 5.41) is 20.6. The summed E-state index contributed by atoms with van der Waals surface area (Å²) in [6, 6.07) is 13.4. The summed E-state index contributed by atoms with van der Waals surface area (Å²) in [4.78, 5) is 12.3. The zero-order chi connectivity index (χ0) is 15.7. The van der Waals surface area contributed by atoms with Crippen molar-refractivity contribution in [1.82, 2.24) is 0 Å². The van der Waals surface area contributed by atoms with Crippen LogP contribution in [0.1, 0.15) is 15.9 Å². The molecule has 0 aliphatic rings. The fourth-order valence-corrected chi connectivity index (χ4v) is 2.15. The van der Waals surface area contributed by atoms with Gasteiger partial charge in [-0.3, -0.25) is 10.2 Å². The molecule has 3 N–H and O–H groups in total. The third-order valence-corrected chi connectivity index (χ3v) is 3.30. The number of aromatic hydroxyl groups is 1. The molecule has 0 radical (unpaired) electrons. The average Bonchev–Trinajstić information content (AvgIpc) is 2.48. The molecular weight excluding hydrogens is 280 g/mol. The SMILES string of the molecule is Cc1ccc2cc(C(=O)Nc3ccc(O)cc3)c(=N)oc2c1. The van der Waals surface area contributed by atoms with Gasteiger partial charge in [-0.1, -0.05) is 12.1 Å². The van der Waals surface area contributed by atoms with Crippen molar-refractivity contribution in [2.45, 2.75) is 6.92 Å². The van der Waals surface area contributed by atoms with Gasteiger partial charge < -0.3 is 14.8 Å². The zero-order valence-electron chi connectivity index (χ0n) is 11.9. The molecule has 0 aliphatic heterocycles. The standard InChI is InChI=1S/C17H14N2O3/c1-10-2-3-11-9-14(16(18)22-15(11)8-10)17(21)19-12-4-6-13(20)7-5-12/h2-9,18,20H,1H3,(H,19,21). The Kier molecular flexibility index (Phi) is 3.39. The molecule has 1 heterocycles. The maximum absolute atomic E-state index is 12.3. The molecule has 0 saturated heterocycles. The summed E-state index contributed by atoms with van der Waals surface area (Å²) < 4.78 is 5.42. The molecule has 0 saturated carbocycles. The van der Waals surface area contributed by atoms with Gasteiger partial charge >= 0.3 is 0 Å². The Morgan fingerprint density at radius 3 is 2.59 bits per heavy atom. The molecule has 3 rings (SSSR count). The van der Waals surface area contributed by atoms with Crippen LogP contribution >= 0.6 is 0 Å².